The monoisotopic (exact) mass is 273 g/mol. The molecule has 0 bridgehead atoms. The summed E-state index contributed by atoms with van der Waals surface area (Å²) in [6, 6.07) is 2.47. The van der Waals surface area contributed by atoms with Crippen molar-refractivity contribution in [1.82, 2.24) is 0 Å². The zero-order valence-electron chi connectivity index (χ0n) is 9.73. The van der Waals surface area contributed by atoms with Gasteiger partial charge in [0.15, 0.2) is 0 Å². The van der Waals surface area contributed by atoms with Crippen molar-refractivity contribution in [1.29, 1.82) is 0 Å². The number of carboxylic acid groups (broad SMARTS) is 1. The Bertz CT molecular complexity index is 490. The lowest BCUT2D eigenvalue weighted by atomic mass is 10.2. The topological polar surface area (TPSA) is 104 Å². The Hall–Kier alpha value is -2.02. The summed E-state index contributed by atoms with van der Waals surface area (Å²) in [5.41, 5.74) is -0.0854. The summed E-state index contributed by atoms with van der Waals surface area (Å²) in [5.74, 6) is 0. The summed E-state index contributed by atoms with van der Waals surface area (Å²) in [7, 11) is 0. The first-order chi connectivity index (χ1) is 8.31. The summed E-state index contributed by atoms with van der Waals surface area (Å²) in [6.07, 6.45) is -1.38. The molecular formula is C10H12ClN3O4. The average molecular weight is 274 g/mol. The maximum absolute atomic E-state index is 10.8. The third-order valence-electron chi connectivity index (χ3n) is 1.97. The Balaban J connectivity index is 3.25. The highest BCUT2D eigenvalue weighted by molar-refractivity contribution is 6.33. The van der Waals surface area contributed by atoms with E-state index in [1.807, 2.05) is 19.2 Å². The third kappa shape index (κ3) is 3.49. The van der Waals surface area contributed by atoms with Crippen molar-refractivity contribution in [3.8, 4) is 0 Å². The molecule has 0 heterocycles. The molecule has 0 aliphatic carbocycles. The van der Waals surface area contributed by atoms with Gasteiger partial charge in [0.2, 0.25) is 0 Å². The number of benzene rings is 1. The highest BCUT2D eigenvalue weighted by Gasteiger charge is 2.19. The molecule has 7 nitrogen and oxygen atoms in total. The van der Waals surface area contributed by atoms with E-state index >= 15 is 0 Å². The highest BCUT2D eigenvalue weighted by Crippen LogP contribution is 2.34. The normalized spacial score (nSPS) is 10.2. The molecule has 0 saturated carbocycles. The predicted octanol–water partition coefficient (Wildman–Crippen LogP) is 3.16. The number of hydrogen-bond donors (Lipinski definition) is 3. The third-order valence-corrected chi connectivity index (χ3v) is 2.28. The van der Waals surface area contributed by atoms with E-state index in [1.54, 1.807) is 0 Å². The van der Waals surface area contributed by atoms with Crippen LogP contribution in [0.3, 0.4) is 0 Å². The van der Waals surface area contributed by atoms with Crippen molar-refractivity contribution in [3.05, 3.63) is 27.3 Å². The van der Waals surface area contributed by atoms with Gasteiger partial charge in [-0.3, -0.25) is 15.4 Å². The summed E-state index contributed by atoms with van der Waals surface area (Å²) >= 11 is 5.88. The van der Waals surface area contributed by atoms with Crippen LogP contribution in [0.5, 0.6) is 0 Å². The molecule has 1 aromatic rings. The molecule has 0 aromatic heterocycles. The highest BCUT2D eigenvalue weighted by atomic mass is 35.5. The molecule has 0 saturated heterocycles. The lowest BCUT2D eigenvalue weighted by Gasteiger charge is -2.13. The minimum atomic E-state index is -1.38. The molecule has 1 aromatic carbocycles. The van der Waals surface area contributed by atoms with E-state index in [9.17, 15) is 14.9 Å². The fourth-order valence-corrected chi connectivity index (χ4v) is 1.56. The van der Waals surface area contributed by atoms with Crippen LogP contribution in [0.2, 0.25) is 5.02 Å². The second-order valence-corrected chi connectivity index (χ2v) is 4.24. The molecule has 18 heavy (non-hydrogen) atoms. The van der Waals surface area contributed by atoms with Gasteiger partial charge in [-0.25, -0.2) is 4.79 Å². The molecule has 1 amide bonds. The Morgan fingerprint density at radius 2 is 2.06 bits per heavy atom. The first-order valence-electron chi connectivity index (χ1n) is 5.05. The molecule has 0 aliphatic heterocycles. The van der Waals surface area contributed by atoms with Crippen LogP contribution in [-0.4, -0.2) is 22.2 Å². The standard InChI is InChI=1S/C10H12ClN3O4/c1-5(2)12-7-4-8(13-10(15)16)9(14(17)18)3-6(7)11/h3-5,12-13H,1-2H3,(H,15,16). The van der Waals surface area contributed by atoms with E-state index in [0.29, 0.717) is 5.69 Å². The minimum Gasteiger partial charge on any atom is -0.465 e. The summed E-state index contributed by atoms with van der Waals surface area (Å²) in [5, 5.41) is 24.5. The number of nitrogens with one attached hydrogen (secondary N) is 2. The van der Waals surface area contributed by atoms with E-state index in [2.05, 4.69) is 5.32 Å². The van der Waals surface area contributed by atoms with Crippen LogP contribution in [0.25, 0.3) is 0 Å². The Kier molecular flexibility index (Phi) is 4.33. The largest absolute Gasteiger partial charge is 0.465 e. The van der Waals surface area contributed by atoms with Crippen LogP contribution < -0.4 is 10.6 Å². The molecule has 0 atom stereocenters. The zero-order chi connectivity index (χ0) is 13.9. The Morgan fingerprint density at radius 3 is 2.50 bits per heavy atom. The molecule has 0 radical (unpaired) electrons. The second kappa shape index (κ2) is 5.54. The van der Waals surface area contributed by atoms with Gasteiger partial charge in [0.1, 0.15) is 5.69 Å². The van der Waals surface area contributed by atoms with Gasteiger partial charge in [-0.05, 0) is 19.9 Å². The summed E-state index contributed by atoms with van der Waals surface area (Å²) in [4.78, 5) is 20.7. The quantitative estimate of drug-likeness (QED) is 0.577. The van der Waals surface area contributed by atoms with Gasteiger partial charge >= 0.3 is 6.09 Å². The van der Waals surface area contributed by atoms with Gasteiger partial charge in [0.05, 0.1) is 15.6 Å². The van der Waals surface area contributed by atoms with Crippen LogP contribution in [0.15, 0.2) is 12.1 Å². The van der Waals surface area contributed by atoms with Gasteiger partial charge in [0, 0.05) is 12.1 Å². The second-order valence-electron chi connectivity index (χ2n) is 3.84. The SMILES string of the molecule is CC(C)Nc1cc(NC(=O)O)c([N+](=O)[O-])cc1Cl. The zero-order valence-corrected chi connectivity index (χ0v) is 10.5. The van der Waals surface area contributed by atoms with Gasteiger partial charge in [-0.2, -0.15) is 0 Å². The number of rotatable bonds is 4. The smallest absolute Gasteiger partial charge is 0.409 e. The molecule has 0 aliphatic rings. The number of hydrogen-bond acceptors (Lipinski definition) is 4. The van der Waals surface area contributed by atoms with Crippen LogP contribution in [-0.2, 0) is 0 Å². The van der Waals surface area contributed by atoms with E-state index in [-0.39, 0.29) is 16.8 Å². The van der Waals surface area contributed by atoms with Crippen molar-refractivity contribution in [2.24, 2.45) is 0 Å². The summed E-state index contributed by atoms with van der Waals surface area (Å²) in [6.45, 7) is 3.73. The van der Waals surface area contributed by atoms with Crippen LogP contribution >= 0.6 is 11.6 Å². The van der Waals surface area contributed by atoms with E-state index < -0.39 is 16.7 Å². The number of anilines is 2. The van der Waals surface area contributed by atoms with E-state index in [1.165, 1.54) is 6.07 Å². The van der Waals surface area contributed by atoms with Crippen LogP contribution in [0.4, 0.5) is 21.9 Å². The predicted molar refractivity (Wildman–Crippen MR) is 68.5 cm³/mol. The first-order valence-corrected chi connectivity index (χ1v) is 5.43. The lowest BCUT2D eigenvalue weighted by molar-refractivity contribution is -0.383. The van der Waals surface area contributed by atoms with Gasteiger partial charge in [0.25, 0.3) is 5.69 Å². The van der Waals surface area contributed by atoms with E-state index in [4.69, 9.17) is 16.7 Å². The maximum atomic E-state index is 10.8. The molecule has 98 valence electrons. The van der Waals surface area contributed by atoms with Gasteiger partial charge in [-0.1, -0.05) is 11.6 Å². The van der Waals surface area contributed by atoms with Crippen LogP contribution in [0.1, 0.15) is 13.8 Å². The Morgan fingerprint density at radius 1 is 1.44 bits per heavy atom. The molecule has 1 rings (SSSR count). The number of carbonyl (C=O) groups is 1. The van der Waals surface area contributed by atoms with Crippen molar-refractivity contribution in [2.75, 3.05) is 10.6 Å². The number of amides is 1. The first kappa shape index (κ1) is 14.0. The van der Waals surface area contributed by atoms with Crippen molar-refractivity contribution in [3.63, 3.8) is 0 Å². The van der Waals surface area contributed by atoms with Crippen molar-refractivity contribution in [2.45, 2.75) is 19.9 Å². The summed E-state index contributed by atoms with van der Waals surface area (Å²) < 4.78 is 0. The van der Waals surface area contributed by atoms with Gasteiger partial charge < -0.3 is 10.4 Å². The van der Waals surface area contributed by atoms with Crippen molar-refractivity contribution < 1.29 is 14.8 Å². The molecule has 0 fully saturated rings. The molecule has 0 unspecified atom stereocenters. The molecular weight excluding hydrogens is 262 g/mol. The number of nitro groups is 1. The number of halogens is 1. The molecule has 0 spiro atoms. The van der Waals surface area contributed by atoms with E-state index in [0.717, 1.165) is 6.07 Å². The fraction of sp³-hybridized carbons (Fsp3) is 0.300. The average Bonchev–Trinajstić information content (AvgIpc) is 2.20. The lowest BCUT2D eigenvalue weighted by Crippen LogP contribution is -2.13. The maximum Gasteiger partial charge on any atom is 0.409 e. The number of nitrogens with zero attached hydrogens (tertiary/aromatic N) is 1. The number of nitro benzene ring substituents is 1. The van der Waals surface area contributed by atoms with Crippen LogP contribution in [0, 0.1) is 10.1 Å². The molecule has 8 heteroatoms. The molecule has 3 N–H and O–H groups in total. The Labute approximate surface area is 108 Å². The minimum absolute atomic E-state index is 0.0571. The van der Waals surface area contributed by atoms with Gasteiger partial charge in [-0.15, -0.1) is 0 Å². The van der Waals surface area contributed by atoms with Crippen molar-refractivity contribution >= 4 is 34.8 Å². The fourth-order valence-electron chi connectivity index (χ4n) is 1.35.